The zero-order valence-electron chi connectivity index (χ0n) is 26.3. The number of methoxy groups -OCH3 is 2. The van der Waals surface area contributed by atoms with Gasteiger partial charge in [-0.25, -0.2) is 4.79 Å². The highest BCUT2D eigenvalue weighted by molar-refractivity contribution is 6.13. The molecule has 2 atom stereocenters. The molecule has 1 unspecified atom stereocenters. The van der Waals surface area contributed by atoms with Crippen LogP contribution in [0.1, 0.15) is 64.2 Å². The Bertz CT molecular complexity index is 1220. The lowest BCUT2D eigenvalue weighted by Crippen LogP contribution is -2.34. The molecule has 0 aliphatic carbocycles. The fraction of sp³-hybridized carbons (Fsp3) is 0.444. The van der Waals surface area contributed by atoms with Gasteiger partial charge in [0.25, 0.3) is 0 Å². The fourth-order valence-corrected chi connectivity index (χ4v) is 4.76. The van der Waals surface area contributed by atoms with Crippen molar-refractivity contribution in [3.63, 3.8) is 0 Å². The molecule has 0 aromatic heterocycles. The van der Waals surface area contributed by atoms with E-state index < -0.39 is 11.6 Å². The van der Waals surface area contributed by atoms with Crippen molar-refractivity contribution in [2.75, 3.05) is 27.4 Å². The molecule has 0 heterocycles. The third-order valence-electron chi connectivity index (χ3n) is 7.00. The minimum atomic E-state index is -0.671. The number of aliphatic imine (C=N–C) groups is 1. The number of esters is 1. The molecule has 0 radical (unpaired) electrons. The minimum absolute atomic E-state index is 0.161. The molecule has 0 amide bonds. The SMILES string of the molecule is COCCCOc1cc(C[C@@H](CC(N=C(c2ccccc2)c2ccccc2)C(=O)OC(C)(C)C)C(C)C)ccc1OC. The summed E-state index contributed by atoms with van der Waals surface area (Å²) in [5, 5.41) is 0. The Labute approximate surface area is 252 Å². The zero-order chi connectivity index (χ0) is 30.5. The van der Waals surface area contributed by atoms with E-state index in [0.717, 1.165) is 35.2 Å². The van der Waals surface area contributed by atoms with E-state index in [2.05, 4.69) is 19.9 Å². The molecule has 42 heavy (non-hydrogen) atoms. The van der Waals surface area contributed by atoms with Crippen LogP contribution in [0, 0.1) is 11.8 Å². The summed E-state index contributed by atoms with van der Waals surface area (Å²) >= 11 is 0. The maximum atomic E-state index is 13.7. The van der Waals surface area contributed by atoms with Crippen LogP contribution in [-0.2, 0) is 20.7 Å². The fourth-order valence-electron chi connectivity index (χ4n) is 4.76. The molecule has 226 valence electrons. The van der Waals surface area contributed by atoms with Gasteiger partial charge in [0.2, 0.25) is 0 Å². The maximum Gasteiger partial charge on any atom is 0.331 e. The monoisotopic (exact) mass is 573 g/mol. The molecule has 0 spiro atoms. The van der Waals surface area contributed by atoms with Crippen molar-refractivity contribution in [3.8, 4) is 11.5 Å². The predicted octanol–water partition coefficient (Wildman–Crippen LogP) is 7.56. The van der Waals surface area contributed by atoms with Gasteiger partial charge in [0.1, 0.15) is 11.6 Å². The van der Waals surface area contributed by atoms with Crippen LogP contribution in [0.3, 0.4) is 0 Å². The molecule has 3 aromatic carbocycles. The number of carbonyl (C=O) groups is 1. The van der Waals surface area contributed by atoms with E-state index in [9.17, 15) is 4.79 Å². The number of ether oxygens (including phenoxy) is 4. The highest BCUT2D eigenvalue weighted by atomic mass is 16.6. The lowest BCUT2D eigenvalue weighted by atomic mass is 9.84. The van der Waals surface area contributed by atoms with Crippen LogP contribution in [0.5, 0.6) is 11.5 Å². The number of carbonyl (C=O) groups excluding carboxylic acids is 1. The van der Waals surface area contributed by atoms with Crippen LogP contribution in [0.25, 0.3) is 0 Å². The molecule has 0 bridgehead atoms. The summed E-state index contributed by atoms with van der Waals surface area (Å²) in [4.78, 5) is 18.9. The molecule has 0 aliphatic heterocycles. The molecule has 0 saturated heterocycles. The van der Waals surface area contributed by atoms with Gasteiger partial charge >= 0.3 is 5.97 Å². The Hall–Kier alpha value is -3.64. The largest absolute Gasteiger partial charge is 0.493 e. The van der Waals surface area contributed by atoms with Crippen LogP contribution in [0.2, 0.25) is 0 Å². The second-order valence-electron chi connectivity index (χ2n) is 11.9. The molecular weight excluding hydrogens is 526 g/mol. The molecule has 3 aromatic rings. The molecule has 3 rings (SSSR count). The second-order valence-corrected chi connectivity index (χ2v) is 11.9. The third kappa shape index (κ3) is 10.3. The van der Waals surface area contributed by atoms with Crippen molar-refractivity contribution in [2.45, 2.75) is 65.5 Å². The van der Waals surface area contributed by atoms with E-state index in [1.54, 1.807) is 14.2 Å². The van der Waals surface area contributed by atoms with Crippen LogP contribution in [-0.4, -0.2) is 50.8 Å². The Morgan fingerprint density at radius 3 is 1.98 bits per heavy atom. The number of rotatable bonds is 15. The highest BCUT2D eigenvalue weighted by Crippen LogP contribution is 2.32. The van der Waals surface area contributed by atoms with Gasteiger partial charge in [0.15, 0.2) is 11.5 Å². The number of hydrogen-bond acceptors (Lipinski definition) is 6. The smallest absolute Gasteiger partial charge is 0.331 e. The predicted molar refractivity (Wildman–Crippen MR) is 170 cm³/mol. The van der Waals surface area contributed by atoms with E-state index in [1.807, 2.05) is 93.6 Å². The van der Waals surface area contributed by atoms with Crippen LogP contribution in [0.15, 0.2) is 83.9 Å². The summed E-state index contributed by atoms with van der Waals surface area (Å²) in [6.45, 7) is 11.3. The molecule has 0 fully saturated rings. The van der Waals surface area contributed by atoms with Crippen molar-refractivity contribution >= 4 is 11.7 Å². The van der Waals surface area contributed by atoms with Crippen molar-refractivity contribution in [1.82, 2.24) is 0 Å². The Morgan fingerprint density at radius 1 is 0.833 bits per heavy atom. The molecule has 6 heteroatoms. The zero-order valence-corrected chi connectivity index (χ0v) is 26.3. The Balaban J connectivity index is 1.97. The van der Waals surface area contributed by atoms with Gasteiger partial charge in [-0.2, -0.15) is 0 Å². The van der Waals surface area contributed by atoms with Gasteiger partial charge in [-0.1, -0.05) is 80.6 Å². The lowest BCUT2D eigenvalue weighted by molar-refractivity contribution is -0.156. The lowest BCUT2D eigenvalue weighted by Gasteiger charge is -2.27. The van der Waals surface area contributed by atoms with Crippen molar-refractivity contribution in [2.24, 2.45) is 16.8 Å². The summed E-state index contributed by atoms with van der Waals surface area (Å²) in [5.74, 6) is 1.56. The van der Waals surface area contributed by atoms with Crippen molar-refractivity contribution in [3.05, 3.63) is 95.6 Å². The first-order valence-corrected chi connectivity index (χ1v) is 14.8. The van der Waals surface area contributed by atoms with Gasteiger partial charge in [0.05, 0.1) is 19.4 Å². The molecule has 0 N–H and O–H groups in total. The average molecular weight is 574 g/mol. The van der Waals surface area contributed by atoms with Crippen LogP contribution < -0.4 is 9.47 Å². The van der Waals surface area contributed by atoms with Gasteiger partial charge in [0, 0.05) is 31.3 Å². The van der Waals surface area contributed by atoms with Crippen molar-refractivity contribution in [1.29, 1.82) is 0 Å². The summed E-state index contributed by atoms with van der Waals surface area (Å²) in [6, 6.07) is 25.5. The van der Waals surface area contributed by atoms with Gasteiger partial charge in [-0.15, -0.1) is 0 Å². The van der Waals surface area contributed by atoms with Crippen LogP contribution in [0.4, 0.5) is 0 Å². The second kappa shape index (κ2) is 16.1. The van der Waals surface area contributed by atoms with Gasteiger partial charge in [-0.05, 0) is 63.1 Å². The summed E-state index contributed by atoms with van der Waals surface area (Å²) in [5.41, 5.74) is 3.20. The first kappa shape index (κ1) is 32.9. The van der Waals surface area contributed by atoms with Gasteiger partial charge in [-0.3, -0.25) is 4.99 Å². The molecule has 6 nitrogen and oxygen atoms in total. The first-order valence-electron chi connectivity index (χ1n) is 14.8. The van der Waals surface area contributed by atoms with Gasteiger partial charge < -0.3 is 18.9 Å². The summed E-state index contributed by atoms with van der Waals surface area (Å²) in [7, 11) is 3.33. The number of benzene rings is 3. The standard InChI is InChI=1S/C36H47NO5/c1-26(2)30(23-27-19-20-32(40-7)33(24-27)41-22-14-21-39-6)25-31(35(38)42-36(3,4)5)37-34(28-15-10-8-11-16-28)29-17-12-9-13-18-29/h8-13,15-20,24,26,30-31H,14,21-23,25H2,1-7H3/t30-,31?/m0/s1. The third-order valence-corrected chi connectivity index (χ3v) is 7.00. The highest BCUT2D eigenvalue weighted by Gasteiger charge is 2.30. The number of hydrogen-bond donors (Lipinski definition) is 0. The first-order chi connectivity index (χ1) is 20.1. The molecule has 0 aliphatic rings. The van der Waals surface area contributed by atoms with E-state index in [0.29, 0.717) is 37.1 Å². The topological polar surface area (TPSA) is 66.4 Å². The van der Waals surface area contributed by atoms with E-state index in [1.165, 1.54) is 0 Å². The summed E-state index contributed by atoms with van der Waals surface area (Å²) < 4.78 is 22.7. The van der Waals surface area contributed by atoms with Crippen LogP contribution >= 0.6 is 0 Å². The normalized spacial score (nSPS) is 12.9. The van der Waals surface area contributed by atoms with E-state index >= 15 is 0 Å². The average Bonchev–Trinajstić information content (AvgIpc) is 2.97. The minimum Gasteiger partial charge on any atom is -0.493 e. The summed E-state index contributed by atoms with van der Waals surface area (Å²) in [6.07, 6.45) is 2.10. The maximum absolute atomic E-state index is 13.7. The van der Waals surface area contributed by atoms with E-state index in [4.69, 9.17) is 23.9 Å². The van der Waals surface area contributed by atoms with Crippen molar-refractivity contribution < 1.29 is 23.7 Å². The Morgan fingerprint density at radius 2 is 1.45 bits per heavy atom. The molecular formula is C36H47NO5. The quantitative estimate of drug-likeness (QED) is 0.107. The molecule has 0 saturated carbocycles. The van der Waals surface area contributed by atoms with E-state index in [-0.39, 0.29) is 11.9 Å². The Kier molecular flexibility index (Phi) is 12.6. The number of nitrogens with zero attached hydrogens (tertiary/aromatic N) is 1.